The molecule has 20 heavy (non-hydrogen) atoms. The highest BCUT2D eigenvalue weighted by Gasteiger charge is 2.12. The highest BCUT2D eigenvalue weighted by Crippen LogP contribution is 2.29. The zero-order valence-corrected chi connectivity index (χ0v) is 12.1. The molecule has 0 saturated heterocycles. The molecule has 2 aromatic rings. The highest BCUT2D eigenvalue weighted by atomic mass is 16.5. The van der Waals surface area contributed by atoms with E-state index in [4.69, 9.17) is 9.47 Å². The van der Waals surface area contributed by atoms with Crippen LogP contribution in [0, 0.1) is 0 Å². The molecule has 2 rings (SSSR count). The van der Waals surface area contributed by atoms with E-state index < -0.39 is 0 Å². The quantitative estimate of drug-likeness (QED) is 0.878. The molecule has 0 bridgehead atoms. The van der Waals surface area contributed by atoms with Crippen LogP contribution >= 0.6 is 0 Å². The molecular formula is C16H20N2O2. The van der Waals surface area contributed by atoms with Gasteiger partial charge in [0.25, 0.3) is 0 Å². The lowest BCUT2D eigenvalue weighted by molar-refractivity contribution is 0.385. The Morgan fingerprint density at radius 2 is 2.00 bits per heavy atom. The van der Waals surface area contributed by atoms with E-state index in [0.717, 1.165) is 29.3 Å². The van der Waals surface area contributed by atoms with Crippen molar-refractivity contribution in [3.63, 3.8) is 0 Å². The Morgan fingerprint density at radius 3 is 2.65 bits per heavy atom. The summed E-state index contributed by atoms with van der Waals surface area (Å²) in [6.45, 7) is 2.82. The third-order valence-electron chi connectivity index (χ3n) is 3.22. The van der Waals surface area contributed by atoms with E-state index in [-0.39, 0.29) is 6.04 Å². The third kappa shape index (κ3) is 3.48. The third-order valence-corrected chi connectivity index (χ3v) is 3.22. The summed E-state index contributed by atoms with van der Waals surface area (Å²) in [5.74, 6) is 1.62. The maximum Gasteiger partial charge on any atom is 0.127 e. The normalized spacial score (nSPS) is 11.9. The lowest BCUT2D eigenvalue weighted by atomic mass is 10.1. The van der Waals surface area contributed by atoms with Gasteiger partial charge in [0.1, 0.15) is 11.5 Å². The van der Waals surface area contributed by atoms with Crippen LogP contribution in [0.1, 0.15) is 24.2 Å². The Hall–Kier alpha value is -2.07. The fourth-order valence-electron chi connectivity index (χ4n) is 2.05. The fourth-order valence-corrected chi connectivity index (χ4v) is 2.05. The molecule has 0 radical (unpaired) electrons. The first-order chi connectivity index (χ1) is 9.74. The van der Waals surface area contributed by atoms with Crippen LogP contribution in [0.2, 0.25) is 0 Å². The topological polar surface area (TPSA) is 43.4 Å². The van der Waals surface area contributed by atoms with Crippen molar-refractivity contribution >= 4 is 0 Å². The summed E-state index contributed by atoms with van der Waals surface area (Å²) in [4.78, 5) is 4.30. The van der Waals surface area contributed by atoms with Crippen LogP contribution in [0.5, 0.6) is 11.5 Å². The molecule has 0 spiro atoms. The van der Waals surface area contributed by atoms with Crippen LogP contribution in [0.25, 0.3) is 0 Å². The number of ether oxygens (including phenoxy) is 2. The first kappa shape index (κ1) is 14.3. The van der Waals surface area contributed by atoms with Crippen molar-refractivity contribution in [2.45, 2.75) is 19.5 Å². The van der Waals surface area contributed by atoms with E-state index in [9.17, 15) is 0 Å². The van der Waals surface area contributed by atoms with Crippen molar-refractivity contribution in [2.75, 3.05) is 14.2 Å². The van der Waals surface area contributed by atoms with Crippen LogP contribution in [0.4, 0.5) is 0 Å². The summed E-state index contributed by atoms with van der Waals surface area (Å²) >= 11 is 0. The van der Waals surface area contributed by atoms with Gasteiger partial charge in [-0.1, -0.05) is 12.1 Å². The minimum absolute atomic E-state index is 0.165. The highest BCUT2D eigenvalue weighted by molar-refractivity contribution is 5.42. The minimum atomic E-state index is 0.165. The van der Waals surface area contributed by atoms with Crippen LogP contribution in [0.15, 0.2) is 42.6 Å². The van der Waals surface area contributed by atoms with Crippen molar-refractivity contribution in [3.05, 3.63) is 53.9 Å². The fraction of sp³-hybridized carbons (Fsp3) is 0.312. The zero-order valence-electron chi connectivity index (χ0n) is 12.1. The van der Waals surface area contributed by atoms with Gasteiger partial charge in [0, 0.05) is 30.4 Å². The number of methoxy groups -OCH3 is 2. The van der Waals surface area contributed by atoms with E-state index in [0.29, 0.717) is 0 Å². The molecule has 1 atom stereocenters. The van der Waals surface area contributed by atoms with Crippen LogP contribution < -0.4 is 14.8 Å². The van der Waals surface area contributed by atoms with E-state index in [1.54, 1.807) is 20.4 Å². The molecule has 0 fully saturated rings. The summed E-state index contributed by atoms with van der Waals surface area (Å²) in [5, 5.41) is 3.44. The van der Waals surface area contributed by atoms with Crippen molar-refractivity contribution in [1.29, 1.82) is 0 Å². The van der Waals surface area contributed by atoms with Gasteiger partial charge in [-0.05, 0) is 25.1 Å². The standard InChI is InChI=1S/C16H20N2O2/c1-12(18-11-13-6-4-5-9-17-13)15-8-7-14(19-2)10-16(15)20-3/h4-10,12,18H,11H2,1-3H3. The summed E-state index contributed by atoms with van der Waals surface area (Å²) in [6.07, 6.45) is 1.80. The van der Waals surface area contributed by atoms with Crippen LogP contribution in [-0.4, -0.2) is 19.2 Å². The molecule has 106 valence electrons. The van der Waals surface area contributed by atoms with Gasteiger partial charge >= 0.3 is 0 Å². The maximum atomic E-state index is 5.43. The average Bonchev–Trinajstić information content (AvgIpc) is 2.52. The number of nitrogens with zero attached hydrogens (tertiary/aromatic N) is 1. The molecule has 1 aromatic heterocycles. The number of nitrogens with one attached hydrogen (secondary N) is 1. The SMILES string of the molecule is COc1ccc(C(C)NCc2ccccn2)c(OC)c1. The van der Waals surface area contributed by atoms with E-state index in [1.807, 2.05) is 36.4 Å². The molecule has 1 heterocycles. The molecule has 1 aromatic carbocycles. The van der Waals surface area contributed by atoms with Crippen LogP contribution in [0.3, 0.4) is 0 Å². The van der Waals surface area contributed by atoms with Crippen molar-refractivity contribution in [3.8, 4) is 11.5 Å². The van der Waals surface area contributed by atoms with Gasteiger partial charge in [-0.2, -0.15) is 0 Å². The number of rotatable bonds is 6. The lowest BCUT2D eigenvalue weighted by Gasteiger charge is -2.18. The van der Waals surface area contributed by atoms with Gasteiger partial charge in [0.05, 0.1) is 19.9 Å². The van der Waals surface area contributed by atoms with Crippen molar-refractivity contribution in [1.82, 2.24) is 10.3 Å². The molecular weight excluding hydrogens is 252 g/mol. The number of pyridine rings is 1. The Kier molecular flexibility index (Phi) is 4.96. The summed E-state index contributed by atoms with van der Waals surface area (Å²) in [7, 11) is 3.32. The summed E-state index contributed by atoms with van der Waals surface area (Å²) in [5.41, 5.74) is 2.12. The largest absolute Gasteiger partial charge is 0.497 e. The van der Waals surface area contributed by atoms with Gasteiger partial charge in [-0.25, -0.2) is 0 Å². The Bertz CT molecular complexity index is 543. The summed E-state index contributed by atoms with van der Waals surface area (Å²) in [6, 6.07) is 11.9. The van der Waals surface area contributed by atoms with E-state index in [1.165, 1.54) is 0 Å². The minimum Gasteiger partial charge on any atom is -0.497 e. The number of hydrogen-bond acceptors (Lipinski definition) is 4. The second kappa shape index (κ2) is 6.91. The first-order valence-electron chi connectivity index (χ1n) is 6.60. The smallest absolute Gasteiger partial charge is 0.127 e. The predicted molar refractivity (Wildman–Crippen MR) is 79.0 cm³/mol. The molecule has 0 amide bonds. The number of benzene rings is 1. The van der Waals surface area contributed by atoms with Crippen molar-refractivity contribution < 1.29 is 9.47 Å². The van der Waals surface area contributed by atoms with Crippen LogP contribution in [-0.2, 0) is 6.54 Å². The van der Waals surface area contributed by atoms with Gasteiger partial charge in [-0.15, -0.1) is 0 Å². The second-order valence-corrected chi connectivity index (χ2v) is 4.53. The second-order valence-electron chi connectivity index (χ2n) is 4.53. The van der Waals surface area contributed by atoms with Crippen molar-refractivity contribution in [2.24, 2.45) is 0 Å². The molecule has 1 N–H and O–H groups in total. The number of hydrogen-bond donors (Lipinski definition) is 1. The van der Waals surface area contributed by atoms with E-state index in [2.05, 4.69) is 17.2 Å². The molecule has 0 aliphatic rings. The number of aromatic nitrogens is 1. The Morgan fingerprint density at radius 1 is 1.15 bits per heavy atom. The Labute approximate surface area is 119 Å². The first-order valence-corrected chi connectivity index (χ1v) is 6.60. The lowest BCUT2D eigenvalue weighted by Crippen LogP contribution is -2.19. The predicted octanol–water partition coefficient (Wildman–Crippen LogP) is 2.95. The van der Waals surface area contributed by atoms with Gasteiger partial charge in [0.2, 0.25) is 0 Å². The summed E-state index contributed by atoms with van der Waals surface area (Å²) < 4.78 is 10.6. The monoisotopic (exact) mass is 272 g/mol. The molecule has 0 saturated carbocycles. The average molecular weight is 272 g/mol. The van der Waals surface area contributed by atoms with Gasteiger partial charge in [0.15, 0.2) is 0 Å². The van der Waals surface area contributed by atoms with Gasteiger partial charge < -0.3 is 14.8 Å². The molecule has 0 aliphatic heterocycles. The van der Waals surface area contributed by atoms with Gasteiger partial charge in [-0.3, -0.25) is 4.98 Å². The molecule has 4 heteroatoms. The molecule has 1 unspecified atom stereocenters. The maximum absolute atomic E-state index is 5.43. The van der Waals surface area contributed by atoms with E-state index >= 15 is 0 Å². The zero-order chi connectivity index (χ0) is 14.4. The molecule has 4 nitrogen and oxygen atoms in total. The Balaban J connectivity index is 2.07. The molecule has 0 aliphatic carbocycles.